The average Bonchev–Trinajstić information content (AvgIpc) is 3.31. The van der Waals surface area contributed by atoms with Crippen LogP contribution in [0.25, 0.3) is 0 Å². The Morgan fingerprint density at radius 3 is 2.79 bits per heavy atom. The van der Waals surface area contributed by atoms with E-state index in [1.807, 2.05) is 13.8 Å². The Morgan fingerprint density at radius 1 is 1.29 bits per heavy atom. The van der Waals surface area contributed by atoms with Gasteiger partial charge in [-0.15, -0.1) is 41.0 Å². The number of amides is 2. The number of rotatable bonds is 8. The second-order valence-corrected chi connectivity index (χ2v) is 11.6. The summed E-state index contributed by atoms with van der Waals surface area (Å²) in [6.07, 6.45) is 5.56. The Labute approximate surface area is 211 Å². The minimum atomic E-state index is -0.387. The van der Waals surface area contributed by atoms with Crippen LogP contribution in [-0.2, 0) is 22.4 Å². The Hall–Kier alpha value is -2.30. The molecule has 34 heavy (non-hydrogen) atoms. The van der Waals surface area contributed by atoms with Crippen LogP contribution < -0.4 is 10.6 Å². The van der Waals surface area contributed by atoms with Crippen LogP contribution in [0.2, 0.25) is 0 Å². The Morgan fingerprint density at radius 2 is 2.06 bits per heavy atom. The van der Waals surface area contributed by atoms with E-state index < -0.39 is 0 Å². The second-order valence-electron chi connectivity index (χ2n) is 8.22. The van der Waals surface area contributed by atoms with Crippen molar-refractivity contribution in [1.29, 1.82) is 0 Å². The number of ether oxygens (including phenoxy) is 1. The molecule has 2 aromatic heterocycles. The molecule has 1 aliphatic carbocycles. The van der Waals surface area contributed by atoms with Gasteiger partial charge in [0.2, 0.25) is 5.91 Å². The van der Waals surface area contributed by atoms with Gasteiger partial charge in [0, 0.05) is 16.3 Å². The van der Waals surface area contributed by atoms with Gasteiger partial charge in [0.25, 0.3) is 5.91 Å². The zero-order valence-electron chi connectivity index (χ0n) is 19.6. The van der Waals surface area contributed by atoms with Gasteiger partial charge in [-0.05, 0) is 57.6 Å². The lowest BCUT2D eigenvalue weighted by Gasteiger charge is -2.35. The van der Waals surface area contributed by atoms with Crippen molar-refractivity contribution in [3.8, 4) is 0 Å². The molecule has 0 fully saturated rings. The molecule has 2 aliphatic rings. The first-order valence-corrected chi connectivity index (χ1v) is 14.0. The van der Waals surface area contributed by atoms with Gasteiger partial charge in [-0.2, -0.15) is 0 Å². The zero-order chi connectivity index (χ0) is 24.4. The third-order valence-corrected chi connectivity index (χ3v) is 9.46. The molecule has 0 radical (unpaired) electrons. The first-order valence-electron chi connectivity index (χ1n) is 11.4. The molecule has 0 spiro atoms. The molecule has 0 unspecified atom stereocenters. The zero-order valence-corrected chi connectivity index (χ0v) is 22.1. The summed E-state index contributed by atoms with van der Waals surface area (Å²) in [5, 5.41) is 7.77. The smallest absolute Gasteiger partial charge is 0.341 e. The number of esters is 1. The summed E-state index contributed by atoms with van der Waals surface area (Å²) in [6, 6.07) is 0. The Kier molecular flexibility index (Phi) is 7.69. The SMILES string of the molecule is C=CCN1C(=O)c2c(sc(C)c2C)N[C@@H]1SCC(=O)Nc1sc2c(c1C(=O)OCC)CCCC2. The highest BCUT2D eigenvalue weighted by atomic mass is 32.2. The molecule has 10 heteroatoms. The van der Waals surface area contributed by atoms with Crippen molar-refractivity contribution < 1.29 is 19.1 Å². The van der Waals surface area contributed by atoms with Crippen LogP contribution in [0.3, 0.4) is 0 Å². The van der Waals surface area contributed by atoms with Gasteiger partial charge in [0.1, 0.15) is 10.0 Å². The maximum atomic E-state index is 13.2. The van der Waals surface area contributed by atoms with Crippen LogP contribution in [0.4, 0.5) is 10.0 Å². The van der Waals surface area contributed by atoms with Gasteiger partial charge < -0.3 is 20.3 Å². The second kappa shape index (κ2) is 10.5. The van der Waals surface area contributed by atoms with E-state index in [9.17, 15) is 14.4 Å². The van der Waals surface area contributed by atoms with E-state index in [0.29, 0.717) is 22.7 Å². The van der Waals surface area contributed by atoms with Crippen molar-refractivity contribution in [2.75, 3.05) is 29.5 Å². The Balaban J connectivity index is 1.48. The fraction of sp³-hybridized carbons (Fsp3) is 0.458. The van der Waals surface area contributed by atoms with Crippen molar-refractivity contribution in [3.05, 3.63) is 44.7 Å². The number of aryl methyl sites for hydroxylation is 2. The normalized spacial score (nSPS) is 17.0. The predicted molar refractivity (Wildman–Crippen MR) is 140 cm³/mol. The molecule has 2 aromatic rings. The van der Waals surface area contributed by atoms with Crippen LogP contribution in [0.1, 0.15) is 61.4 Å². The van der Waals surface area contributed by atoms with Crippen molar-refractivity contribution in [3.63, 3.8) is 0 Å². The van der Waals surface area contributed by atoms with Gasteiger partial charge in [-0.1, -0.05) is 6.08 Å². The average molecular weight is 520 g/mol. The Bertz CT molecular complexity index is 1140. The number of thioether (sulfide) groups is 1. The number of carbonyl (C=O) groups is 3. The van der Waals surface area contributed by atoms with E-state index in [1.54, 1.807) is 29.2 Å². The third kappa shape index (κ3) is 4.76. The van der Waals surface area contributed by atoms with Crippen LogP contribution >= 0.6 is 34.4 Å². The molecule has 0 saturated heterocycles. The summed E-state index contributed by atoms with van der Waals surface area (Å²) in [7, 11) is 0. The van der Waals surface area contributed by atoms with E-state index in [1.165, 1.54) is 23.1 Å². The maximum absolute atomic E-state index is 13.2. The van der Waals surface area contributed by atoms with Gasteiger partial charge in [-0.3, -0.25) is 9.59 Å². The number of anilines is 2. The number of nitrogens with zero attached hydrogens (tertiary/aromatic N) is 1. The van der Waals surface area contributed by atoms with Crippen molar-refractivity contribution in [2.24, 2.45) is 0 Å². The highest BCUT2D eigenvalue weighted by Crippen LogP contribution is 2.40. The van der Waals surface area contributed by atoms with E-state index in [4.69, 9.17) is 4.74 Å². The molecule has 2 N–H and O–H groups in total. The van der Waals surface area contributed by atoms with Crippen LogP contribution in [0, 0.1) is 13.8 Å². The monoisotopic (exact) mass is 519 g/mol. The minimum Gasteiger partial charge on any atom is -0.462 e. The summed E-state index contributed by atoms with van der Waals surface area (Å²) in [6.45, 7) is 10.2. The van der Waals surface area contributed by atoms with Crippen LogP contribution in [-0.4, -0.2) is 47.1 Å². The van der Waals surface area contributed by atoms with Gasteiger partial charge in [0.05, 0.1) is 23.5 Å². The molecule has 2 amide bonds. The topological polar surface area (TPSA) is 87.7 Å². The summed E-state index contributed by atoms with van der Waals surface area (Å²) >= 11 is 4.38. The number of fused-ring (bicyclic) bond motifs is 2. The molecule has 4 rings (SSSR count). The summed E-state index contributed by atoms with van der Waals surface area (Å²) in [4.78, 5) is 42.7. The van der Waals surface area contributed by atoms with E-state index in [0.717, 1.165) is 51.6 Å². The first kappa shape index (κ1) is 24.8. The molecule has 0 bridgehead atoms. The maximum Gasteiger partial charge on any atom is 0.341 e. The minimum absolute atomic E-state index is 0.0519. The van der Waals surface area contributed by atoms with Crippen molar-refractivity contribution in [2.45, 2.75) is 52.0 Å². The molecule has 3 heterocycles. The lowest BCUT2D eigenvalue weighted by atomic mass is 9.95. The standard InChI is InChI=1S/C24H29N3O4S3/c1-5-11-27-22(29)18-13(3)14(4)33-20(18)26-24(27)32-12-17(28)25-21-19(23(30)31-6-2)15-9-7-8-10-16(15)34-21/h5,24,26H,1,6-12H2,2-4H3,(H,25,28)/t24-/m0/s1. The molecule has 1 aliphatic heterocycles. The molecule has 7 nitrogen and oxygen atoms in total. The molecule has 182 valence electrons. The highest BCUT2D eigenvalue weighted by Gasteiger charge is 2.35. The van der Waals surface area contributed by atoms with E-state index in [-0.39, 0.29) is 35.6 Å². The fourth-order valence-corrected chi connectivity index (χ4v) is 7.65. The lowest BCUT2D eigenvalue weighted by Crippen LogP contribution is -2.47. The van der Waals surface area contributed by atoms with E-state index >= 15 is 0 Å². The largest absolute Gasteiger partial charge is 0.462 e. The molecule has 0 aromatic carbocycles. The van der Waals surface area contributed by atoms with Gasteiger partial charge in [0.15, 0.2) is 5.50 Å². The molecular weight excluding hydrogens is 490 g/mol. The fourth-order valence-electron chi connectivity index (χ4n) is 4.27. The quantitative estimate of drug-likeness (QED) is 0.369. The van der Waals surface area contributed by atoms with E-state index in [2.05, 4.69) is 17.2 Å². The third-order valence-electron chi connectivity index (χ3n) is 6.00. The molecular formula is C24H29N3O4S3. The number of carbonyl (C=O) groups excluding carboxylic acids is 3. The number of hydrogen-bond acceptors (Lipinski definition) is 8. The summed E-state index contributed by atoms with van der Waals surface area (Å²) < 4.78 is 5.28. The van der Waals surface area contributed by atoms with Crippen molar-refractivity contribution >= 4 is 62.2 Å². The number of nitrogens with one attached hydrogen (secondary N) is 2. The van der Waals surface area contributed by atoms with Crippen molar-refractivity contribution in [1.82, 2.24) is 4.90 Å². The highest BCUT2D eigenvalue weighted by molar-refractivity contribution is 8.00. The predicted octanol–water partition coefficient (Wildman–Crippen LogP) is 5.19. The lowest BCUT2D eigenvalue weighted by molar-refractivity contribution is -0.113. The van der Waals surface area contributed by atoms with Crippen LogP contribution in [0.15, 0.2) is 12.7 Å². The number of thiophene rings is 2. The van der Waals surface area contributed by atoms with Gasteiger partial charge in [-0.25, -0.2) is 4.79 Å². The van der Waals surface area contributed by atoms with Crippen LogP contribution in [0.5, 0.6) is 0 Å². The first-order chi connectivity index (χ1) is 16.3. The van der Waals surface area contributed by atoms with Gasteiger partial charge >= 0.3 is 5.97 Å². The summed E-state index contributed by atoms with van der Waals surface area (Å²) in [5.41, 5.74) is 2.83. The number of hydrogen-bond donors (Lipinski definition) is 2. The summed E-state index contributed by atoms with van der Waals surface area (Å²) in [5.74, 6) is -0.519. The molecule has 1 atom stereocenters. The molecule has 0 saturated carbocycles.